The van der Waals surface area contributed by atoms with E-state index in [1.807, 2.05) is 36.4 Å². The van der Waals surface area contributed by atoms with Crippen LogP contribution in [0.2, 0.25) is 5.15 Å². The number of phenols is 1. The Kier molecular flexibility index (Phi) is 3.03. The van der Waals surface area contributed by atoms with Gasteiger partial charge in [0.2, 0.25) is 0 Å². The second-order valence-electron chi connectivity index (χ2n) is 5.10. The Labute approximate surface area is 137 Å². The Bertz CT molecular complexity index is 1030. The molecule has 0 aliphatic heterocycles. The maximum Gasteiger partial charge on any atom is 0.139 e. The number of aromatic nitrogens is 2. The first-order chi connectivity index (χ1) is 10.6. The van der Waals surface area contributed by atoms with Gasteiger partial charge in [-0.15, -0.1) is 12.6 Å². The van der Waals surface area contributed by atoms with Gasteiger partial charge in [0.05, 0.1) is 11.2 Å². The van der Waals surface area contributed by atoms with Crippen LogP contribution >= 0.6 is 24.2 Å². The average molecular weight is 327 g/mol. The van der Waals surface area contributed by atoms with Gasteiger partial charge in [-0.3, -0.25) is 0 Å². The molecule has 0 fully saturated rings. The van der Waals surface area contributed by atoms with Gasteiger partial charge in [0.25, 0.3) is 0 Å². The fraction of sp³-hybridized carbons (Fsp3) is 0. The minimum absolute atomic E-state index is 0.205. The lowest BCUT2D eigenvalue weighted by Gasteiger charge is -2.05. The van der Waals surface area contributed by atoms with Crippen molar-refractivity contribution in [1.82, 2.24) is 9.97 Å². The fourth-order valence-electron chi connectivity index (χ4n) is 2.63. The summed E-state index contributed by atoms with van der Waals surface area (Å²) >= 11 is 10.9. The van der Waals surface area contributed by atoms with Crippen LogP contribution in [0.1, 0.15) is 0 Å². The molecule has 0 atom stereocenters. The molecular weight excluding hydrogens is 316 g/mol. The van der Waals surface area contributed by atoms with Gasteiger partial charge in [-0.05, 0) is 30.3 Å². The topological polar surface area (TPSA) is 48.9 Å². The van der Waals surface area contributed by atoms with Gasteiger partial charge in [0, 0.05) is 26.7 Å². The first-order valence-corrected chi connectivity index (χ1v) is 7.55. The zero-order valence-corrected chi connectivity index (χ0v) is 13.0. The van der Waals surface area contributed by atoms with Crippen LogP contribution < -0.4 is 0 Å². The monoisotopic (exact) mass is 326 g/mol. The van der Waals surface area contributed by atoms with Crippen molar-refractivity contribution in [2.45, 2.75) is 4.90 Å². The molecule has 0 amide bonds. The first kappa shape index (κ1) is 13.5. The summed E-state index contributed by atoms with van der Waals surface area (Å²) in [5, 5.41) is 11.9. The maximum absolute atomic E-state index is 9.64. The molecule has 4 aromatic rings. The van der Waals surface area contributed by atoms with Crippen LogP contribution in [0.5, 0.6) is 5.75 Å². The van der Waals surface area contributed by atoms with E-state index in [-0.39, 0.29) is 5.75 Å². The molecular formula is C17H11ClN2OS. The van der Waals surface area contributed by atoms with Crippen molar-refractivity contribution in [2.75, 3.05) is 0 Å². The third-order valence-corrected chi connectivity index (χ3v) is 4.45. The Morgan fingerprint density at radius 3 is 2.77 bits per heavy atom. The molecule has 0 unspecified atom stereocenters. The van der Waals surface area contributed by atoms with Crippen molar-refractivity contribution in [3.63, 3.8) is 0 Å². The number of thiol groups is 1. The molecule has 2 aromatic carbocycles. The first-order valence-electron chi connectivity index (χ1n) is 6.73. The molecule has 0 aliphatic carbocycles. The number of pyridine rings is 1. The largest absolute Gasteiger partial charge is 0.508 e. The van der Waals surface area contributed by atoms with E-state index in [0.717, 1.165) is 38.0 Å². The normalized spacial score (nSPS) is 11.4. The number of rotatable bonds is 1. The minimum atomic E-state index is 0.205. The summed E-state index contributed by atoms with van der Waals surface area (Å²) in [5.74, 6) is 0.205. The van der Waals surface area contributed by atoms with E-state index in [0.29, 0.717) is 5.15 Å². The Morgan fingerprint density at radius 2 is 1.91 bits per heavy atom. The fourth-order valence-corrected chi connectivity index (χ4v) is 3.23. The zero-order chi connectivity index (χ0) is 15.3. The third-order valence-electron chi connectivity index (χ3n) is 3.70. The molecule has 0 saturated heterocycles. The van der Waals surface area contributed by atoms with E-state index in [4.69, 9.17) is 11.6 Å². The number of benzene rings is 2. The van der Waals surface area contributed by atoms with Gasteiger partial charge in [-0.2, -0.15) is 0 Å². The molecule has 0 spiro atoms. The van der Waals surface area contributed by atoms with Crippen molar-refractivity contribution in [2.24, 2.45) is 0 Å². The predicted octanol–water partition coefficient (Wildman–Crippen LogP) is 5.03. The smallest absolute Gasteiger partial charge is 0.139 e. The molecule has 0 saturated carbocycles. The molecule has 0 bridgehead atoms. The van der Waals surface area contributed by atoms with E-state index in [2.05, 4.69) is 22.6 Å². The lowest BCUT2D eigenvalue weighted by molar-refractivity contribution is 0.476. The molecule has 0 aliphatic rings. The van der Waals surface area contributed by atoms with Crippen molar-refractivity contribution >= 4 is 46.0 Å². The number of nitrogens with one attached hydrogen (secondary N) is 1. The molecule has 22 heavy (non-hydrogen) atoms. The van der Waals surface area contributed by atoms with Crippen LogP contribution in [-0.4, -0.2) is 15.1 Å². The lowest BCUT2D eigenvalue weighted by Crippen LogP contribution is -1.87. The summed E-state index contributed by atoms with van der Waals surface area (Å²) in [7, 11) is 0. The van der Waals surface area contributed by atoms with Crippen molar-refractivity contribution in [1.29, 1.82) is 0 Å². The summed E-state index contributed by atoms with van der Waals surface area (Å²) in [6, 6.07) is 14.9. The van der Waals surface area contributed by atoms with Crippen LogP contribution in [0, 0.1) is 0 Å². The van der Waals surface area contributed by atoms with Crippen molar-refractivity contribution in [3.8, 4) is 17.0 Å². The average Bonchev–Trinajstić information content (AvgIpc) is 2.83. The van der Waals surface area contributed by atoms with Crippen molar-refractivity contribution < 1.29 is 5.11 Å². The number of fused-ring (bicyclic) bond motifs is 2. The van der Waals surface area contributed by atoms with Crippen LogP contribution in [0.3, 0.4) is 0 Å². The highest BCUT2D eigenvalue weighted by molar-refractivity contribution is 7.80. The quantitative estimate of drug-likeness (QED) is 0.339. The summed E-state index contributed by atoms with van der Waals surface area (Å²) in [5.41, 5.74) is 3.33. The summed E-state index contributed by atoms with van der Waals surface area (Å²) in [4.78, 5) is 8.48. The second-order valence-corrected chi connectivity index (χ2v) is 5.90. The maximum atomic E-state index is 9.64. The highest BCUT2D eigenvalue weighted by Crippen LogP contribution is 2.38. The Hall–Kier alpha value is -2.17. The lowest BCUT2D eigenvalue weighted by atomic mass is 10.1. The van der Waals surface area contributed by atoms with Crippen LogP contribution in [0.4, 0.5) is 0 Å². The van der Waals surface area contributed by atoms with Gasteiger partial charge >= 0.3 is 0 Å². The number of hydrogen-bond donors (Lipinski definition) is 3. The Balaban J connectivity index is 2.02. The van der Waals surface area contributed by atoms with Gasteiger partial charge < -0.3 is 10.1 Å². The number of hydrogen-bond acceptors (Lipinski definition) is 3. The molecule has 2 N–H and O–H groups in total. The number of H-pyrrole nitrogens is 1. The highest BCUT2D eigenvalue weighted by atomic mass is 35.5. The van der Waals surface area contributed by atoms with Crippen LogP contribution in [0.15, 0.2) is 53.4 Å². The van der Waals surface area contributed by atoms with E-state index in [9.17, 15) is 5.11 Å². The molecule has 2 aromatic heterocycles. The molecule has 108 valence electrons. The molecule has 2 heterocycles. The zero-order valence-electron chi connectivity index (χ0n) is 11.3. The van der Waals surface area contributed by atoms with E-state index >= 15 is 0 Å². The molecule has 4 rings (SSSR count). The summed E-state index contributed by atoms with van der Waals surface area (Å²) in [6.45, 7) is 0. The van der Waals surface area contributed by atoms with Crippen molar-refractivity contribution in [3.05, 3.63) is 53.7 Å². The predicted molar refractivity (Wildman–Crippen MR) is 93.0 cm³/mol. The van der Waals surface area contributed by atoms with E-state index in [1.165, 1.54) is 0 Å². The molecule has 0 radical (unpaired) electrons. The third kappa shape index (κ3) is 2.03. The summed E-state index contributed by atoms with van der Waals surface area (Å²) < 4.78 is 0. The van der Waals surface area contributed by atoms with E-state index < -0.39 is 0 Å². The van der Waals surface area contributed by atoms with Gasteiger partial charge in [-0.1, -0.05) is 29.8 Å². The number of nitrogens with zero attached hydrogens (tertiary/aromatic N) is 1. The van der Waals surface area contributed by atoms with Gasteiger partial charge in [-0.25, -0.2) is 4.98 Å². The molecule has 3 nitrogen and oxygen atoms in total. The summed E-state index contributed by atoms with van der Waals surface area (Å²) in [6.07, 6.45) is 0. The van der Waals surface area contributed by atoms with E-state index in [1.54, 1.807) is 12.1 Å². The molecule has 5 heteroatoms. The van der Waals surface area contributed by atoms with Gasteiger partial charge in [0.15, 0.2) is 0 Å². The highest BCUT2D eigenvalue weighted by Gasteiger charge is 2.15. The SMILES string of the molecule is Oc1ccc2[nH]c(-c3cc4ccccc4nc3Cl)c(S)c2c1. The standard InChI is InChI=1S/C17H11ClN2OS/c18-17-12(7-9-3-1-2-4-13(9)20-17)15-16(22)11-8-10(21)5-6-14(11)19-15/h1-8,19,21-22H. The number of halogens is 1. The minimum Gasteiger partial charge on any atom is -0.508 e. The van der Waals surface area contributed by atoms with Crippen LogP contribution in [0.25, 0.3) is 33.1 Å². The number of para-hydroxylation sites is 1. The van der Waals surface area contributed by atoms with Crippen LogP contribution in [-0.2, 0) is 0 Å². The number of phenolic OH excluding ortho intramolecular Hbond substituents is 1. The number of aromatic hydroxyl groups is 1. The number of aromatic amines is 1. The second kappa shape index (κ2) is 4.93. The van der Waals surface area contributed by atoms with Gasteiger partial charge in [0.1, 0.15) is 10.9 Å². The Morgan fingerprint density at radius 1 is 1.09 bits per heavy atom.